The van der Waals surface area contributed by atoms with Crippen LogP contribution < -0.4 is 5.32 Å². The van der Waals surface area contributed by atoms with E-state index in [4.69, 9.17) is 9.47 Å². The lowest BCUT2D eigenvalue weighted by Gasteiger charge is -2.28. The molecule has 0 saturated carbocycles. The number of halogens is 1. The summed E-state index contributed by atoms with van der Waals surface area (Å²) in [6.45, 7) is 3.20. The second kappa shape index (κ2) is 10.0. The largest absolute Gasteiger partial charge is 0.447 e. The Morgan fingerprint density at radius 2 is 2.03 bits per heavy atom. The molecular formula is C25H27FN6O4. The third-order valence-corrected chi connectivity index (χ3v) is 6.53. The van der Waals surface area contributed by atoms with Crippen molar-refractivity contribution in [2.75, 3.05) is 32.2 Å². The summed E-state index contributed by atoms with van der Waals surface area (Å²) >= 11 is 0. The topological polar surface area (TPSA) is 111 Å². The van der Waals surface area contributed by atoms with E-state index in [-0.39, 0.29) is 30.6 Å². The first-order valence-corrected chi connectivity index (χ1v) is 11.9. The minimum Gasteiger partial charge on any atom is -0.447 e. The summed E-state index contributed by atoms with van der Waals surface area (Å²) in [6.07, 6.45) is 1.86. The van der Waals surface area contributed by atoms with E-state index >= 15 is 0 Å². The summed E-state index contributed by atoms with van der Waals surface area (Å²) in [7, 11) is 1.53. The minimum atomic E-state index is -0.625. The number of hydrogen-bond acceptors (Lipinski definition) is 7. The Morgan fingerprint density at radius 3 is 2.86 bits per heavy atom. The number of methoxy groups -OCH3 is 1. The first-order chi connectivity index (χ1) is 17.4. The van der Waals surface area contributed by atoms with Crippen molar-refractivity contribution in [3.05, 3.63) is 58.7 Å². The maximum Gasteiger partial charge on any atom is 0.410 e. The van der Waals surface area contributed by atoms with Crippen LogP contribution in [0.2, 0.25) is 0 Å². The Morgan fingerprint density at radius 1 is 1.17 bits per heavy atom. The van der Waals surface area contributed by atoms with Gasteiger partial charge in [0.15, 0.2) is 5.82 Å². The van der Waals surface area contributed by atoms with E-state index in [0.717, 1.165) is 24.2 Å². The molecule has 1 atom stereocenters. The van der Waals surface area contributed by atoms with Gasteiger partial charge in [-0.2, -0.15) is 0 Å². The molecule has 10 nitrogen and oxygen atoms in total. The quantitative estimate of drug-likeness (QED) is 0.523. The van der Waals surface area contributed by atoms with Gasteiger partial charge in [0.2, 0.25) is 0 Å². The fraction of sp³-hybridized carbons (Fsp3) is 0.400. The fourth-order valence-electron chi connectivity index (χ4n) is 4.62. The lowest BCUT2D eigenvalue weighted by Crippen LogP contribution is -2.37. The van der Waals surface area contributed by atoms with Crippen LogP contribution in [0.3, 0.4) is 0 Å². The zero-order chi connectivity index (χ0) is 25.2. The van der Waals surface area contributed by atoms with Gasteiger partial charge in [-0.1, -0.05) is 6.07 Å². The van der Waals surface area contributed by atoms with E-state index in [2.05, 4.69) is 32.0 Å². The maximum absolute atomic E-state index is 14.9. The van der Waals surface area contributed by atoms with Crippen molar-refractivity contribution in [1.29, 1.82) is 0 Å². The van der Waals surface area contributed by atoms with Crippen molar-refractivity contribution in [2.45, 2.75) is 38.8 Å². The van der Waals surface area contributed by atoms with Crippen molar-refractivity contribution in [2.24, 2.45) is 0 Å². The molecule has 0 aliphatic carbocycles. The van der Waals surface area contributed by atoms with Crippen molar-refractivity contribution in [3.8, 4) is 11.5 Å². The predicted octanol–water partition coefficient (Wildman–Crippen LogP) is 3.38. The molecule has 0 radical (unpaired) electrons. The normalized spacial score (nSPS) is 16.4. The average molecular weight is 495 g/mol. The number of ether oxygens (including phenoxy) is 2. The van der Waals surface area contributed by atoms with Gasteiger partial charge in [0.05, 0.1) is 12.2 Å². The van der Waals surface area contributed by atoms with Crippen LogP contribution in [0.5, 0.6) is 0 Å². The number of aryl methyl sites for hydroxylation is 1. The van der Waals surface area contributed by atoms with Gasteiger partial charge < -0.3 is 24.3 Å². The third kappa shape index (κ3) is 4.66. The summed E-state index contributed by atoms with van der Waals surface area (Å²) in [5, 5.41) is 11.2. The van der Waals surface area contributed by atoms with Crippen LogP contribution in [0, 0.1) is 5.82 Å². The molecule has 2 amide bonds. The Hall–Kier alpha value is -3.86. The standard InChI is InChI=1S/C25H27FN6O4/c1-15-6-7-22-29-30-23(32(15)22)20-4-3-5-21(27-20)28-24(33)18-12-17-14-31(25(34)36-11-10-35-2)9-8-16(17)13-19(18)26/h3-5,12-13,15H,6-11,14H2,1-2H3,(H,27,28,33)/t15-/m1/s1. The number of rotatable bonds is 6. The number of anilines is 1. The van der Waals surface area contributed by atoms with Gasteiger partial charge in [-0.3, -0.25) is 4.79 Å². The molecule has 3 aromatic rings. The van der Waals surface area contributed by atoms with E-state index < -0.39 is 17.8 Å². The summed E-state index contributed by atoms with van der Waals surface area (Å²) < 4.78 is 27.0. The van der Waals surface area contributed by atoms with Gasteiger partial charge in [0, 0.05) is 32.7 Å². The maximum atomic E-state index is 14.9. The molecule has 2 aliphatic rings. The summed E-state index contributed by atoms with van der Waals surface area (Å²) in [5.74, 6) is 0.591. The van der Waals surface area contributed by atoms with Crippen molar-refractivity contribution in [1.82, 2.24) is 24.6 Å². The second-order valence-corrected chi connectivity index (χ2v) is 8.94. The van der Waals surface area contributed by atoms with E-state index in [1.54, 1.807) is 18.2 Å². The Kier molecular flexibility index (Phi) is 6.64. The number of carbonyl (C=O) groups is 2. The molecule has 4 heterocycles. The molecular weight excluding hydrogens is 467 g/mol. The number of pyridine rings is 1. The third-order valence-electron chi connectivity index (χ3n) is 6.53. The first-order valence-electron chi connectivity index (χ1n) is 11.9. The number of carbonyl (C=O) groups excluding carboxylic acids is 2. The van der Waals surface area contributed by atoms with Crippen molar-refractivity contribution >= 4 is 17.8 Å². The minimum absolute atomic E-state index is 0.118. The number of nitrogens with zero attached hydrogens (tertiary/aromatic N) is 5. The lowest BCUT2D eigenvalue weighted by atomic mass is 9.97. The highest BCUT2D eigenvalue weighted by atomic mass is 19.1. The van der Waals surface area contributed by atoms with Gasteiger partial charge in [-0.25, -0.2) is 14.2 Å². The summed E-state index contributed by atoms with van der Waals surface area (Å²) in [6, 6.07) is 8.33. The molecule has 0 spiro atoms. The first kappa shape index (κ1) is 23.9. The van der Waals surface area contributed by atoms with Crippen LogP contribution >= 0.6 is 0 Å². The van der Waals surface area contributed by atoms with Gasteiger partial charge in [-0.15, -0.1) is 10.2 Å². The van der Waals surface area contributed by atoms with Crippen LogP contribution in [0.25, 0.3) is 11.5 Å². The van der Waals surface area contributed by atoms with Crippen molar-refractivity contribution in [3.63, 3.8) is 0 Å². The second-order valence-electron chi connectivity index (χ2n) is 8.94. The van der Waals surface area contributed by atoms with Gasteiger partial charge in [-0.05, 0) is 55.2 Å². The van der Waals surface area contributed by atoms with Crippen LogP contribution in [0.4, 0.5) is 15.0 Å². The van der Waals surface area contributed by atoms with Crippen LogP contribution in [0.1, 0.15) is 46.7 Å². The smallest absolute Gasteiger partial charge is 0.410 e. The summed E-state index contributed by atoms with van der Waals surface area (Å²) in [4.78, 5) is 31.4. The predicted molar refractivity (Wildman–Crippen MR) is 128 cm³/mol. The molecule has 0 unspecified atom stereocenters. The molecule has 188 valence electrons. The molecule has 1 aromatic carbocycles. The SMILES string of the molecule is COCCOC(=O)N1CCc2cc(F)c(C(=O)Nc3cccc(-c4nnc5n4[C@H](C)CC5)n3)cc2C1. The molecule has 36 heavy (non-hydrogen) atoms. The Balaban J connectivity index is 1.32. The number of fused-ring (bicyclic) bond motifs is 2. The van der Waals surface area contributed by atoms with Crippen molar-refractivity contribution < 1.29 is 23.5 Å². The van der Waals surface area contributed by atoms with Gasteiger partial charge in [0.25, 0.3) is 5.91 Å². The number of aromatic nitrogens is 4. The molecule has 11 heteroatoms. The highest BCUT2D eigenvalue weighted by Crippen LogP contribution is 2.30. The summed E-state index contributed by atoms with van der Waals surface area (Å²) in [5.41, 5.74) is 1.92. The zero-order valence-electron chi connectivity index (χ0n) is 20.2. The number of benzene rings is 1. The van der Waals surface area contributed by atoms with E-state index in [9.17, 15) is 14.0 Å². The highest BCUT2D eigenvalue weighted by Gasteiger charge is 2.26. The Labute approximate surface area is 207 Å². The molecule has 1 N–H and O–H groups in total. The fourth-order valence-corrected chi connectivity index (χ4v) is 4.62. The average Bonchev–Trinajstić information content (AvgIpc) is 3.46. The molecule has 0 bridgehead atoms. The Bertz CT molecular complexity index is 1310. The molecule has 5 rings (SSSR count). The number of hydrogen-bond donors (Lipinski definition) is 1. The number of amides is 2. The van der Waals surface area contributed by atoms with E-state index in [1.807, 2.05) is 0 Å². The molecule has 2 aromatic heterocycles. The van der Waals surface area contributed by atoms with Gasteiger partial charge >= 0.3 is 6.09 Å². The van der Waals surface area contributed by atoms with Gasteiger partial charge in [0.1, 0.15) is 29.8 Å². The van der Waals surface area contributed by atoms with E-state index in [0.29, 0.717) is 36.7 Å². The monoisotopic (exact) mass is 494 g/mol. The molecule has 0 fully saturated rings. The lowest BCUT2D eigenvalue weighted by molar-refractivity contribution is 0.0688. The van der Waals surface area contributed by atoms with Crippen LogP contribution in [-0.2, 0) is 28.9 Å². The molecule has 2 aliphatic heterocycles. The highest BCUT2D eigenvalue weighted by molar-refractivity contribution is 6.04. The molecule has 0 saturated heterocycles. The number of nitrogens with one attached hydrogen (secondary N) is 1. The van der Waals surface area contributed by atoms with Crippen LogP contribution in [0.15, 0.2) is 30.3 Å². The van der Waals surface area contributed by atoms with Crippen LogP contribution in [-0.4, -0.2) is 63.5 Å². The van der Waals surface area contributed by atoms with E-state index in [1.165, 1.54) is 24.1 Å². The zero-order valence-corrected chi connectivity index (χ0v) is 20.2.